The lowest BCUT2D eigenvalue weighted by molar-refractivity contribution is 0.433. The van der Waals surface area contributed by atoms with Gasteiger partial charge in [0, 0.05) is 25.0 Å². The lowest BCUT2D eigenvalue weighted by Crippen LogP contribution is -2.26. The van der Waals surface area contributed by atoms with Crippen LogP contribution in [0.4, 0.5) is 0 Å². The number of nitrogens with zero attached hydrogens (tertiary/aromatic N) is 1. The van der Waals surface area contributed by atoms with E-state index in [1.165, 1.54) is 11.1 Å². The summed E-state index contributed by atoms with van der Waals surface area (Å²) in [6.45, 7) is 4.15. The highest BCUT2D eigenvalue weighted by molar-refractivity contribution is 5.31. The van der Waals surface area contributed by atoms with Crippen molar-refractivity contribution in [2.75, 3.05) is 6.54 Å². The van der Waals surface area contributed by atoms with Gasteiger partial charge in [-0.05, 0) is 31.0 Å². The molecule has 0 saturated heterocycles. The van der Waals surface area contributed by atoms with E-state index in [1.807, 2.05) is 6.20 Å². The highest BCUT2D eigenvalue weighted by Crippen LogP contribution is 2.25. The molecule has 4 nitrogen and oxygen atoms in total. The van der Waals surface area contributed by atoms with E-state index in [-0.39, 0.29) is 6.04 Å². The number of aromatic amines is 1. The molecule has 1 aromatic carbocycles. The molecule has 100 valence electrons. The van der Waals surface area contributed by atoms with Crippen molar-refractivity contribution in [2.24, 2.45) is 0 Å². The second kappa shape index (κ2) is 5.55. The van der Waals surface area contributed by atoms with Crippen LogP contribution in [0.25, 0.3) is 0 Å². The summed E-state index contributed by atoms with van der Waals surface area (Å²) in [7, 11) is 0. The highest BCUT2D eigenvalue weighted by atomic mass is 15.0. The lowest BCUT2D eigenvalue weighted by Gasteiger charge is -2.22. The van der Waals surface area contributed by atoms with Crippen LogP contribution in [0.15, 0.2) is 36.7 Å². The van der Waals surface area contributed by atoms with Crippen LogP contribution in [0.2, 0.25) is 0 Å². The summed E-state index contributed by atoms with van der Waals surface area (Å²) < 4.78 is 0. The first-order valence-electron chi connectivity index (χ1n) is 6.88. The van der Waals surface area contributed by atoms with Gasteiger partial charge >= 0.3 is 0 Å². The van der Waals surface area contributed by atoms with E-state index in [0.717, 1.165) is 25.3 Å². The molecule has 0 spiro atoms. The van der Waals surface area contributed by atoms with Crippen LogP contribution in [0.1, 0.15) is 42.4 Å². The van der Waals surface area contributed by atoms with Crippen molar-refractivity contribution in [2.45, 2.75) is 32.0 Å². The average molecular weight is 256 g/mol. The molecule has 1 aromatic heterocycles. The summed E-state index contributed by atoms with van der Waals surface area (Å²) >= 11 is 0. The number of aromatic nitrogens is 2. The molecular weight excluding hydrogens is 236 g/mol. The van der Waals surface area contributed by atoms with Crippen LogP contribution < -0.4 is 10.6 Å². The summed E-state index contributed by atoms with van der Waals surface area (Å²) in [6.07, 6.45) is 4.77. The molecule has 0 radical (unpaired) electrons. The third-order valence-electron chi connectivity index (χ3n) is 3.74. The van der Waals surface area contributed by atoms with Gasteiger partial charge in [-0.2, -0.15) is 0 Å². The summed E-state index contributed by atoms with van der Waals surface area (Å²) in [5, 5.41) is 7.16. The van der Waals surface area contributed by atoms with Crippen LogP contribution in [0.5, 0.6) is 0 Å². The molecule has 1 aliphatic heterocycles. The van der Waals surface area contributed by atoms with E-state index < -0.39 is 0 Å². The van der Waals surface area contributed by atoms with Gasteiger partial charge in [0.2, 0.25) is 0 Å². The highest BCUT2D eigenvalue weighted by Gasteiger charge is 2.20. The standard InChI is InChI=1S/C15H20N4/c1-11(15-17-8-9-18-15)19-14-6-7-16-10-12-4-2-3-5-13(12)14/h2-5,8-9,11,14,16,19H,6-7,10H2,1H3,(H,17,18). The first-order valence-corrected chi connectivity index (χ1v) is 6.88. The smallest absolute Gasteiger partial charge is 0.122 e. The number of hydrogen-bond acceptors (Lipinski definition) is 3. The minimum absolute atomic E-state index is 0.228. The van der Waals surface area contributed by atoms with Crippen LogP contribution in [0.3, 0.4) is 0 Å². The fourth-order valence-corrected chi connectivity index (χ4v) is 2.73. The van der Waals surface area contributed by atoms with Gasteiger partial charge in [0.25, 0.3) is 0 Å². The van der Waals surface area contributed by atoms with Crippen molar-refractivity contribution >= 4 is 0 Å². The Kier molecular flexibility index (Phi) is 3.62. The quantitative estimate of drug-likeness (QED) is 0.790. The Morgan fingerprint density at radius 3 is 3.11 bits per heavy atom. The SMILES string of the molecule is CC(NC1CCNCc2ccccc21)c1ncc[nH]1. The number of nitrogens with one attached hydrogen (secondary N) is 3. The zero-order chi connectivity index (χ0) is 13.1. The van der Waals surface area contributed by atoms with Crippen molar-refractivity contribution in [3.05, 3.63) is 53.6 Å². The Hall–Kier alpha value is -1.65. The molecule has 2 atom stereocenters. The van der Waals surface area contributed by atoms with Gasteiger partial charge in [-0.3, -0.25) is 0 Å². The van der Waals surface area contributed by atoms with Crippen LogP contribution in [0, 0.1) is 0 Å². The molecule has 3 N–H and O–H groups in total. The minimum atomic E-state index is 0.228. The van der Waals surface area contributed by atoms with Crippen LogP contribution in [-0.2, 0) is 6.54 Å². The maximum Gasteiger partial charge on any atom is 0.122 e. The first-order chi connectivity index (χ1) is 9.34. The molecule has 3 rings (SSSR count). The third kappa shape index (κ3) is 2.69. The Morgan fingerprint density at radius 1 is 1.37 bits per heavy atom. The molecule has 19 heavy (non-hydrogen) atoms. The molecular formula is C15H20N4. The van der Waals surface area contributed by atoms with Crippen molar-refractivity contribution < 1.29 is 0 Å². The molecule has 0 amide bonds. The summed E-state index contributed by atoms with van der Waals surface area (Å²) in [5.41, 5.74) is 2.80. The molecule has 0 aliphatic carbocycles. The third-order valence-corrected chi connectivity index (χ3v) is 3.74. The van der Waals surface area contributed by atoms with Crippen molar-refractivity contribution in [3.8, 4) is 0 Å². The van der Waals surface area contributed by atoms with Gasteiger partial charge < -0.3 is 15.6 Å². The Balaban J connectivity index is 1.80. The maximum atomic E-state index is 4.33. The van der Waals surface area contributed by atoms with E-state index in [2.05, 4.69) is 51.8 Å². The van der Waals surface area contributed by atoms with E-state index in [0.29, 0.717) is 6.04 Å². The first kappa shape index (κ1) is 12.4. The number of imidazole rings is 1. The summed E-state index contributed by atoms with van der Waals surface area (Å²) in [4.78, 5) is 7.50. The Labute approximate surface area is 113 Å². The molecule has 2 heterocycles. The largest absolute Gasteiger partial charge is 0.347 e. The fourth-order valence-electron chi connectivity index (χ4n) is 2.73. The van der Waals surface area contributed by atoms with Crippen molar-refractivity contribution in [3.63, 3.8) is 0 Å². The topological polar surface area (TPSA) is 52.7 Å². The Bertz CT molecular complexity index is 521. The summed E-state index contributed by atoms with van der Waals surface area (Å²) in [5.74, 6) is 0.995. The predicted molar refractivity (Wildman–Crippen MR) is 75.6 cm³/mol. The maximum absolute atomic E-state index is 4.33. The van der Waals surface area contributed by atoms with E-state index in [4.69, 9.17) is 0 Å². The molecule has 1 aliphatic rings. The second-order valence-electron chi connectivity index (χ2n) is 5.08. The number of benzene rings is 1. The summed E-state index contributed by atoms with van der Waals surface area (Å²) in [6, 6.07) is 9.28. The fraction of sp³-hybridized carbons (Fsp3) is 0.400. The van der Waals surface area contributed by atoms with E-state index in [1.54, 1.807) is 6.20 Å². The van der Waals surface area contributed by atoms with Crippen molar-refractivity contribution in [1.29, 1.82) is 0 Å². The van der Waals surface area contributed by atoms with E-state index in [9.17, 15) is 0 Å². The van der Waals surface area contributed by atoms with Crippen molar-refractivity contribution in [1.82, 2.24) is 20.6 Å². The van der Waals surface area contributed by atoms with Gasteiger partial charge in [-0.15, -0.1) is 0 Å². The average Bonchev–Trinajstić information content (AvgIpc) is 2.90. The number of H-pyrrole nitrogens is 1. The monoisotopic (exact) mass is 256 g/mol. The van der Waals surface area contributed by atoms with Gasteiger partial charge in [0.1, 0.15) is 5.82 Å². The molecule has 2 unspecified atom stereocenters. The molecule has 2 aromatic rings. The lowest BCUT2D eigenvalue weighted by atomic mass is 9.98. The van der Waals surface area contributed by atoms with Crippen LogP contribution >= 0.6 is 0 Å². The van der Waals surface area contributed by atoms with Gasteiger partial charge in [-0.25, -0.2) is 4.98 Å². The molecule has 0 fully saturated rings. The van der Waals surface area contributed by atoms with Gasteiger partial charge in [0.05, 0.1) is 6.04 Å². The predicted octanol–water partition coefficient (Wildman–Crippen LogP) is 2.29. The zero-order valence-electron chi connectivity index (χ0n) is 11.2. The second-order valence-corrected chi connectivity index (χ2v) is 5.08. The molecule has 0 bridgehead atoms. The van der Waals surface area contributed by atoms with Gasteiger partial charge in [0.15, 0.2) is 0 Å². The van der Waals surface area contributed by atoms with Gasteiger partial charge in [-0.1, -0.05) is 24.3 Å². The normalized spacial score (nSPS) is 20.6. The molecule has 0 saturated carbocycles. The van der Waals surface area contributed by atoms with E-state index >= 15 is 0 Å². The zero-order valence-corrected chi connectivity index (χ0v) is 11.2. The number of fused-ring (bicyclic) bond motifs is 1. The molecule has 4 heteroatoms. The van der Waals surface area contributed by atoms with Crippen LogP contribution in [-0.4, -0.2) is 16.5 Å². The Morgan fingerprint density at radius 2 is 2.26 bits per heavy atom. The minimum Gasteiger partial charge on any atom is -0.347 e. The number of hydrogen-bond donors (Lipinski definition) is 3. The number of rotatable bonds is 3.